The Labute approximate surface area is 156 Å². The zero-order valence-corrected chi connectivity index (χ0v) is 16.3. The minimum absolute atomic E-state index is 0.0132. The van der Waals surface area contributed by atoms with Gasteiger partial charge in [-0.2, -0.15) is 0 Å². The van der Waals surface area contributed by atoms with Gasteiger partial charge in [-0.25, -0.2) is 13.4 Å². The summed E-state index contributed by atoms with van der Waals surface area (Å²) in [4.78, 5) is 6.41. The van der Waals surface area contributed by atoms with Crippen LogP contribution >= 0.6 is 11.6 Å². The van der Waals surface area contributed by atoms with E-state index in [0.29, 0.717) is 17.1 Å². The highest BCUT2D eigenvalue weighted by Gasteiger charge is 2.09. The molecule has 0 unspecified atom stereocenters. The molecule has 134 valence electrons. The van der Waals surface area contributed by atoms with Gasteiger partial charge in [-0.1, -0.05) is 29.8 Å². The zero-order valence-electron chi connectivity index (χ0n) is 14.7. The molecule has 0 aliphatic carbocycles. The van der Waals surface area contributed by atoms with E-state index in [1.54, 1.807) is 6.34 Å². The van der Waals surface area contributed by atoms with E-state index in [1.807, 2.05) is 62.2 Å². The van der Waals surface area contributed by atoms with Gasteiger partial charge in [0.25, 0.3) is 0 Å². The number of aliphatic imine (C=N–C) groups is 1. The molecule has 6 heteroatoms. The summed E-state index contributed by atoms with van der Waals surface area (Å²) in [7, 11) is -0.589. The van der Waals surface area contributed by atoms with Gasteiger partial charge in [-0.15, -0.1) is 0 Å². The normalized spacial score (nSPS) is 11.4. The summed E-state index contributed by atoms with van der Waals surface area (Å²) in [5.41, 5.74) is 4.68. The quantitative estimate of drug-likeness (QED) is 0.450. The number of benzene rings is 2. The zero-order chi connectivity index (χ0) is 18.4. The molecule has 2 aromatic carbocycles. The number of rotatable bonds is 7. The van der Waals surface area contributed by atoms with Crippen molar-refractivity contribution in [3.05, 3.63) is 63.7 Å². The number of hydrogen-bond donors (Lipinski definition) is 1. The van der Waals surface area contributed by atoms with E-state index >= 15 is 0 Å². The highest BCUT2D eigenvalue weighted by atomic mass is 35.5. The molecule has 0 N–H and O–H groups in total. The molecule has 0 radical (unpaired) electrons. The van der Waals surface area contributed by atoms with E-state index in [9.17, 15) is 8.42 Å². The lowest BCUT2D eigenvalue weighted by molar-refractivity contribution is 0.552. The summed E-state index contributed by atoms with van der Waals surface area (Å²) < 4.78 is 22.5. The topological polar surface area (TPSA) is 49.7 Å². The second-order valence-corrected chi connectivity index (χ2v) is 7.44. The molecule has 0 atom stereocenters. The number of nitrogens with zero attached hydrogens (tertiary/aromatic N) is 2. The Balaban J connectivity index is 2.40. The molecule has 0 bridgehead atoms. The van der Waals surface area contributed by atoms with Crippen molar-refractivity contribution in [3.8, 4) is 0 Å². The Morgan fingerprint density at radius 2 is 1.96 bits per heavy atom. The fourth-order valence-electron chi connectivity index (χ4n) is 2.47. The monoisotopic (exact) mass is 378 g/mol. The molecule has 0 heterocycles. The lowest BCUT2D eigenvalue weighted by atomic mass is 9.97. The van der Waals surface area contributed by atoms with E-state index in [2.05, 4.69) is 4.99 Å². The maximum Gasteiger partial charge on any atom is 0.144 e. The highest BCUT2D eigenvalue weighted by Crippen LogP contribution is 2.27. The van der Waals surface area contributed by atoms with Crippen LogP contribution in [-0.4, -0.2) is 33.2 Å². The lowest BCUT2D eigenvalue weighted by Crippen LogP contribution is -2.14. The van der Waals surface area contributed by atoms with Gasteiger partial charge in [0, 0.05) is 18.6 Å². The van der Waals surface area contributed by atoms with Gasteiger partial charge in [0.2, 0.25) is 0 Å². The molecule has 0 aromatic heterocycles. The van der Waals surface area contributed by atoms with Gasteiger partial charge in [-0.3, -0.25) is 0 Å². The standard InChI is InChI=1S/C19H23ClN2O2S/c1-4-22(3)13-21-19-8-14(2)16(11-17(19)12-25(23)24)9-15-6-5-7-18(20)10-15/h5-8,10-11,13,25H,4,9,12H2,1-3H3. The predicted molar refractivity (Wildman–Crippen MR) is 106 cm³/mol. The first-order valence-electron chi connectivity index (χ1n) is 8.12. The fraction of sp³-hybridized carbons (Fsp3) is 0.316. The first kappa shape index (κ1) is 19.5. The molecule has 0 amide bonds. The van der Waals surface area contributed by atoms with Crippen LogP contribution in [0.1, 0.15) is 29.2 Å². The maximum absolute atomic E-state index is 11.3. The van der Waals surface area contributed by atoms with E-state index in [1.165, 1.54) is 0 Å². The van der Waals surface area contributed by atoms with Gasteiger partial charge in [0.05, 0.1) is 17.8 Å². The molecule has 0 aliphatic heterocycles. The largest absolute Gasteiger partial charge is 0.366 e. The third-order valence-electron chi connectivity index (χ3n) is 4.01. The minimum atomic E-state index is -2.52. The van der Waals surface area contributed by atoms with Crippen LogP contribution in [0.5, 0.6) is 0 Å². The Morgan fingerprint density at radius 3 is 2.60 bits per heavy atom. The predicted octanol–water partition coefficient (Wildman–Crippen LogP) is 3.96. The summed E-state index contributed by atoms with van der Waals surface area (Å²) in [6.45, 7) is 4.88. The number of aryl methyl sites for hydroxylation is 1. The van der Waals surface area contributed by atoms with Crippen LogP contribution in [0.3, 0.4) is 0 Å². The lowest BCUT2D eigenvalue weighted by Gasteiger charge is -2.13. The summed E-state index contributed by atoms with van der Waals surface area (Å²) in [5.74, 6) is -0.0132. The smallest absolute Gasteiger partial charge is 0.144 e. The Kier molecular flexibility index (Phi) is 7.02. The Morgan fingerprint density at radius 1 is 1.20 bits per heavy atom. The molecule has 0 saturated carbocycles. The van der Waals surface area contributed by atoms with Gasteiger partial charge in [-0.05, 0) is 60.7 Å². The molecule has 2 aromatic rings. The number of halogens is 1. The van der Waals surface area contributed by atoms with E-state index in [0.717, 1.165) is 28.8 Å². The van der Waals surface area contributed by atoms with E-state index in [4.69, 9.17) is 11.6 Å². The van der Waals surface area contributed by atoms with Gasteiger partial charge >= 0.3 is 0 Å². The minimum Gasteiger partial charge on any atom is -0.366 e. The van der Waals surface area contributed by atoms with Crippen LogP contribution in [0.4, 0.5) is 5.69 Å². The van der Waals surface area contributed by atoms with Crippen LogP contribution in [0.25, 0.3) is 0 Å². The van der Waals surface area contributed by atoms with Crippen LogP contribution in [0, 0.1) is 6.92 Å². The third-order valence-corrected chi connectivity index (χ3v) is 4.85. The first-order chi connectivity index (χ1) is 11.9. The summed E-state index contributed by atoms with van der Waals surface area (Å²) in [5, 5.41) is 0.696. The van der Waals surface area contributed by atoms with Crippen LogP contribution in [0.15, 0.2) is 41.4 Å². The van der Waals surface area contributed by atoms with Crippen LogP contribution < -0.4 is 0 Å². The Hall–Kier alpha value is -1.85. The van der Waals surface area contributed by atoms with Crippen molar-refractivity contribution in [2.45, 2.75) is 26.0 Å². The molecular formula is C19H23ClN2O2S. The summed E-state index contributed by atoms with van der Waals surface area (Å²) in [6.07, 6.45) is 2.43. The van der Waals surface area contributed by atoms with Gasteiger partial charge in [0.1, 0.15) is 10.7 Å². The third kappa shape index (κ3) is 5.87. The van der Waals surface area contributed by atoms with Gasteiger partial charge < -0.3 is 4.90 Å². The van der Waals surface area contributed by atoms with Crippen molar-refractivity contribution in [1.82, 2.24) is 4.90 Å². The number of hydrogen-bond acceptors (Lipinski definition) is 3. The summed E-state index contributed by atoms with van der Waals surface area (Å²) in [6, 6.07) is 11.6. The Bertz CT molecular complexity index is 839. The molecule has 0 fully saturated rings. The van der Waals surface area contributed by atoms with Crippen molar-refractivity contribution < 1.29 is 8.42 Å². The van der Waals surface area contributed by atoms with Gasteiger partial charge in [0.15, 0.2) is 0 Å². The molecule has 0 saturated heterocycles. The molecule has 0 spiro atoms. The average molecular weight is 379 g/mol. The average Bonchev–Trinajstić information content (AvgIpc) is 2.55. The second kappa shape index (κ2) is 9.02. The molecule has 0 aliphatic rings. The van der Waals surface area contributed by atoms with Crippen molar-refractivity contribution in [1.29, 1.82) is 0 Å². The van der Waals surface area contributed by atoms with Crippen molar-refractivity contribution in [3.63, 3.8) is 0 Å². The van der Waals surface area contributed by atoms with Crippen LogP contribution in [0.2, 0.25) is 5.02 Å². The fourth-order valence-corrected chi connectivity index (χ4v) is 3.22. The van der Waals surface area contributed by atoms with Crippen molar-refractivity contribution >= 4 is 34.3 Å². The van der Waals surface area contributed by atoms with Crippen molar-refractivity contribution in [2.75, 3.05) is 13.6 Å². The molecule has 2 rings (SSSR count). The second-order valence-electron chi connectivity index (χ2n) is 6.02. The maximum atomic E-state index is 11.3. The van der Waals surface area contributed by atoms with E-state index in [-0.39, 0.29) is 5.75 Å². The summed E-state index contributed by atoms with van der Waals surface area (Å²) >= 11 is 6.06. The van der Waals surface area contributed by atoms with Crippen molar-refractivity contribution in [2.24, 2.45) is 4.99 Å². The molecule has 4 nitrogen and oxygen atoms in total. The highest BCUT2D eigenvalue weighted by molar-refractivity contribution is 7.71. The molecular weight excluding hydrogens is 356 g/mol. The van der Waals surface area contributed by atoms with Crippen LogP contribution in [-0.2, 0) is 22.9 Å². The first-order valence-corrected chi connectivity index (χ1v) is 9.86. The van der Waals surface area contributed by atoms with E-state index < -0.39 is 10.7 Å². The SMILES string of the molecule is CCN(C)C=Nc1cc(C)c(Cc2cccc(Cl)c2)cc1C[SH](=O)=O. The molecule has 25 heavy (non-hydrogen) atoms. The number of thiol groups is 1.